The van der Waals surface area contributed by atoms with Crippen molar-refractivity contribution in [2.75, 3.05) is 20.2 Å². The Labute approximate surface area is 183 Å². The van der Waals surface area contributed by atoms with Gasteiger partial charge in [0.15, 0.2) is 5.75 Å². The van der Waals surface area contributed by atoms with Gasteiger partial charge in [-0.3, -0.25) is 24.7 Å². The van der Waals surface area contributed by atoms with Gasteiger partial charge in [0.05, 0.1) is 18.2 Å². The summed E-state index contributed by atoms with van der Waals surface area (Å²) in [7, 11) is 1.33. The number of nitro benzene ring substituents is 1. The van der Waals surface area contributed by atoms with Crippen molar-refractivity contribution in [3.05, 3.63) is 62.7 Å². The highest BCUT2D eigenvalue weighted by atomic mass is 16.6. The van der Waals surface area contributed by atoms with Gasteiger partial charge >= 0.3 is 17.6 Å². The molecular formula is C21H23N3O8. The molecule has 0 radical (unpaired) electrons. The fourth-order valence-corrected chi connectivity index (χ4v) is 2.82. The van der Waals surface area contributed by atoms with E-state index in [9.17, 15) is 19.7 Å². The van der Waals surface area contributed by atoms with Crippen molar-refractivity contribution >= 4 is 23.8 Å². The van der Waals surface area contributed by atoms with Gasteiger partial charge in [0.2, 0.25) is 5.75 Å². The van der Waals surface area contributed by atoms with E-state index in [1.54, 1.807) is 0 Å². The molecule has 0 fully saturated rings. The second kappa shape index (κ2) is 10.8. The molecule has 2 rings (SSSR count). The van der Waals surface area contributed by atoms with Crippen LogP contribution in [0.15, 0.2) is 35.4 Å². The number of nitro groups is 1. The Bertz CT molecular complexity index is 1040. The molecule has 0 amide bonds. The predicted molar refractivity (Wildman–Crippen MR) is 114 cm³/mol. The zero-order chi connectivity index (χ0) is 23.8. The van der Waals surface area contributed by atoms with E-state index in [1.807, 2.05) is 32.0 Å². The predicted octanol–water partition coefficient (Wildman–Crippen LogP) is 2.60. The quantitative estimate of drug-likeness (QED) is 0.302. The molecule has 170 valence electrons. The second-order valence-electron chi connectivity index (χ2n) is 6.90. The molecule has 0 spiro atoms. The van der Waals surface area contributed by atoms with Crippen LogP contribution in [0.1, 0.15) is 22.3 Å². The topological polar surface area (TPSA) is 152 Å². The number of rotatable bonds is 11. The average molecular weight is 445 g/mol. The van der Waals surface area contributed by atoms with Crippen LogP contribution in [0.2, 0.25) is 0 Å². The normalized spacial score (nSPS) is 10.7. The van der Waals surface area contributed by atoms with E-state index in [-0.39, 0.29) is 29.4 Å². The minimum atomic E-state index is -1.28. The Morgan fingerprint density at radius 2 is 1.81 bits per heavy atom. The number of nitrogens with zero attached hydrogens (tertiary/aromatic N) is 3. The van der Waals surface area contributed by atoms with Gasteiger partial charge in [-0.25, -0.2) is 0 Å². The fraction of sp³-hybridized carbons (Fsp3) is 0.286. The summed E-state index contributed by atoms with van der Waals surface area (Å²) in [4.78, 5) is 32.8. The van der Waals surface area contributed by atoms with Gasteiger partial charge in [0.1, 0.15) is 19.7 Å². The summed E-state index contributed by atoms with van der Waals surface area (Å²) in [6, 6.07) is 8.42. The molecule has 0 saturated carbocycles. The highest BCUT2D eigenvalue weighted by molar-refractivity contribution is 5.83. The smallest absolute Gasteiger partial charge is 0.324 e. The summed E-state index contributed by atoms with van der Waals surface area (Å²) in [5.74, 6) is -2.54. The Morgan fingerprint density at radius 1 is 1.16 bits per heavy atom. The minimum absolute atomic E-state index is 0.0662. The highest BCUT2D eigenvalue weighted by Crippen LogP contribution is 2.38. The summed E-state index contributed by atoms with van der Waals surface area (Å²) in [5, 5.41) is 34.1. The van der Waals surface area contributed by atoms with Crippen molar-refractivity contribution in [3.63, 3.8) is 0 Å². The number of hydrazone groups is 1. The first-order chi connectivity index (χ1) is 15.1. The van der Waals surface area contributed by atoms with Crippen LogP contribution >= 0.6 is 0 Å². The lowest BCUT2D eigenvalue weighted by Crippen LogP contribution is -2.30. The molecular weight excluding hydrogens is 422 g/mol. The van der Waals surface area contributed by atoms with Crippen LogP contribution in [-0.2, 0) is 16.2 Å². The Morgan fingerprint density at radius 3 is 2.38 bits per heavy atom. The van der Waals surface area contributed by atoms with Crippen molar-refractivity contribution in [2.24, 2.45) is 5.10 Å². The molecule has 2 aromatic rings. The van der Waals surface area contributed by atoms with Crippen LogP contribution in [0.25, 0.3) is 0 Å². The van der Waals surface area contributed by atoms with Crippen LogP contribution in [0, 0.1) is 24.0 Å². The van der Waals surface area contributed by atoms with Crippen LogP contribution < -0.4 is 9.47 Å². The first-order valence-corrected chi connectivity index (χ1v) is 9.38. The van der Waals surface area contributed by atoms with E-state index in [0.29, 0.717) is 0 Å². The number of hydrogen-bond donors (Lipinski definition) is 2. The number of carboxylic acid groups (broad SMARTS) is 2. The van der Waals surface area contributed by atoms with E-state index in [0.717, 1.165) is 27.9 Å². The third kappa shape index (κ3) is 6.69. The maximum atomic E-state index is 11.7. The van der Waals surface area contributed by atoms with Crippen molar-refractivity contribution in [1.82, 2.24) is 5.01 Å². The second-order valence-corrected chi connectivity index (χ2v) is 6.90. The first kappa shape index (κ1) is 24.1. The molecule has 0 atom stereocenters. The fourth-order valence-electron chi connectivity index (χ4n) is 2.82. The standard InChI is InChI=1S/C21H23N3O8/c1-13-4-5-14(2)16(6-13)12-32-21-17(24(29)30)7-15(8-18(21)31-3)9-22-23(10-19(25)26)11-20(27)28/h4-9H,10-12H2,1-3H3,(H,25,26)(H,27,28)/b22-9-. The van der Waals surface area contributed by atoms with Gasteiger partial charge in [0, 0.05) is 11.6 Å². The third-order valence-corrected chi connectivity index (χ3v) is 4.36. The molecule has 2 N–H and O–H groups in total. The van der Waals surface area contributed by atoms with Gasteiger partial charge < -0.3 is 19.7 Å². The molecule has 2 aromatic carbocycles. The lowest BCUT2D eigenvalue weighted by molar-refractivity contribution is -0.386. The molecule has 0 aliphatic heterocycles. The van der Waals surface area contributed by atoms with Crippen molar-refractivity contribution < 1.29 is 34.2 Å². The van der Waals surface area contributed by atoms with E-state index in [4.69, 9.17) is 19.7 Å². The zero-order valence-electron chi connectivity index (χ0n) is 17.8. The van der Waals surface area contributed by atoms with Gasteiger partial charge in [0.25, 0.3) is 0 Å². The molecule has 11 nitrogen and oxygen atoms in total. The van der Waals surface area contributed by atoms with Crippen LogP contribution in [0.5, 0.6) is 11.5 Å². The Kier molecular flexibility index (Phi) is 8.11. The van der Waals surface area contributed by atoms with E-state index >= 15 is 0 Å². The molecule has 11 heteroatoms. The molecule has 32 heavy (non-hydrogen) atoms. The SMILES string of the molecule is COc1cc(/C=N\N(CC(=O)O)CC(=O)O)cc([N+](=O)[O-])c1OCc1cc(C)ccc1C. The number of ether oxygens (including phenoxy) is 2. The first-order valence-electron chi connectivity index (χ1n) is 9.38. The van der Waals surface area contributed by atoms with Gasteiger partial charge in [-0.15, -0.1) is 0 Å². The molecule has 0 bridgehead atoms. The van der Waals surface area contributed by atoms with Crippen LogP contribution in [0.3, 0.4) is 0 Å². The largest absolute Gasteiger partial charge is 0.493 e. The molecule has 0 aliphatic carbocycles. The molecule has 0 aromatic heterocycles. The molecule has 0 unspecified atom stereocenters. The van der Waals surface area contributed by atoms with Crippen LogP contribution in [0.4, 0.5) is 5.69 Å². The lowest BCUT2D eigenvalue weighted by atomic mass is 10.1. The van der Waals surface area contributed by atoms with E-state index in [2.05, 4.69) is 5.10 Å². The monoisotopic (exact) mass is 445 g/mol. The number of carbonyl (C=O) groups is 2. The lowest BCUT2D eigenvalue weighted by Gasteiger charge is -2.15. The van der Waals surface area contributed by atoms with E-state index < -0.39 is 30.0 Å². The number of benzene rings is 2. The van der Waals surface area contributed by atoms with E-state index in [1.165, 1.54) is 19.2 Å². The summed E-state index contributed by atoms with van der Waals surface area (Å²) in [6.45, 7) is 2.61. The zero-order valence-corrected chi connectivity index (χ0v) is 17.8. The van der Waals surface area contributed by atoms with Crippen molar-refractivity contribution in [1.29, 1.82) is 0 Å². The molecule has 0 heterocycles. The molecule has 0 aliphatic rings. The highest BCUT2D eigenvalue weighted by Gasteiger charge is 2.23. The number of carboxylic acids is 2. The number of aliphatic carboxylic acids is 2. The average Bonchev–Trinajstić information content (AvgIpc) is 2.71. The van der Waals surface area contributed by atoms with Crippen LogP contribution in [-0.4, -0.2) is 58.5 Å². The van der Waals surface area contributed by atoms with Gasteiger partial charge in [-0.05, 0) is 31.0 Å². The summed E-state index contributed by atoms with van der Waals surface area (Å²) in [6.07, 6.45) is 1.12. The summed E-state index contributed by atoms with van der Waals surface area (Å²) >= 11 is 0. The third-order valence-electron chi connectivity index (χ3n) is 4.36. The van der Waals surface area contributed by atoms with Crippen molar-refractivity contribution in [2.45, 2.75) is 20.5 Å². The summed E-state index contributed by atoms with van der Waals surface area (Å²) in [5.41, 5.74) is 2.69. The summed E-state index contributed by atoms with van der Waals surface area (Å²) < 4.78 is 11.0. The Balaban J connectivity index is 2.37. The van der Waals surface area contributed by atoms with Crippen molar-refractivity contribution in [3.8, 4) is 11.5 Å². The number of hydrogen-bond acceptors (Lipinski definition) is 8. The van der Waals surface area contributed by atoms with Gasteiger partial charge in [-0.2, -0.15) is 5.10 Å². The number of aryl methyl sites for hydroxylation is 2. The Hall–Kier alpha value is -4.15. The minimum Gasteiger partial charge on any atom is -0.493 e. The molecule has 0 saturated heterocycles. The maximum Gasteiger partial charge on any atom is 0.324 e. The number of methoxy groups -OCH3 is 1. The maximum absolute atomic E-state index is 11.7. The van der Waals surface area contributed by atoms with Gasteiger partial charge in [-0.1, -0.05) is 23.8 Å².